The lowest BCUT2D eigenvalue weighted by Gasteiger charge is -2.38. The van der Waals surface area contributed by atoms with Gasteiger partial charge in [-0.1, -0.05) is 109 Å². The number of piperidine rings is 1. The molecule has 2 aliphatic rings. The predicted octanol–water partition coefficient (Wildman–Crippen LogP) is 6.78. The fourth-order valence-corrected chi connectivity index (χ4v) is 5.51. The van der Waals surface area contributed by atoms with Gasteiger partial charge in [-0.15, -0.1) is 0 Å². The van der Waals surface area contributed by atoms with Crippen LogP contribution >= 0.6 is 0 Å². The molecule has 33 heavy (non-hydrogen) atoms. The average molecular weight is 439 g/mol. The summed E-state index contributed by atoms with van der Waals surface area (Å²) in [6.45, 7) is 2.37. The second kappa shape index (κ2) is 10.4. The number of nitrogens with zero attached hydrogens (tertiary/aromatic N) is 2. The zero-order valence-corrected chi connectivity index (χ0v) is 19.4. The molecule has 0 radical (unpaired) electrons. The van der Waals surface area contributed by atoms with Crippen molar-refractivity contribution in [2.24, 2.45) is 5.16 Å². The van der Waals surface area contributed by atoms with E-state index in [1.165, 1.54) is 57.3 Å². The molecule has 0 spiro atoms. The molecule has 0 N–H and O–H groups in total. The molecule has 2 fully saturated rings. The van der Waals surface area contributed by atoms with Gasteiger partial charge in [-0.05, 0) is 45.2 Å². The van der Waals surface area contributed by atoms with Gasteiger partial charge >= 0.3 is 0 Å². The Morgan fingerprint density at radius 1 is 0.636 bits per heavy atom. The Hall–Kier alpha value is -2.91. The van der Waals surface area contributed by atoms with Crippen LogP contribution in [-0.4, -0.2) is 29.7 Å². The molecule has 3 aromatic rings. The van der Waals surface area contributed by atoms with E-state index in [4.69, 9.17) is 9.99 Å². The molecular formula is C30H34N2O. The summed E-state index contributed by atoms with van der Waals surface area (Å²) in [5.41, 5.74) is 3.71. The molecule has 1 heterocycles. The summed E-state index contributed by atoms with van der Waals surface area (Å²) in [7, 11) is 0. The van der Waals surface area contributed by atoms with Gasteiger partial charge in [0, 0.05) is 16.7 Å². The highest BCUT2D eigenvalue weighted by molar-refractivity contribution is 5.89. The van der Waals surface area contributed by atoms with E-state index in [0.29, 0.717) is 6.04 Å². The summed E-state index contributed by atoms with van der Waals surface area (Å²) in [6, 6.07) is 32.1. The summed E-state index contributed by atoms with van der Waals surface area (Å²) in [6.07, 6.45) is 8.64. The average Bonchev–Trinajstić information content (AvgIpc) is 2.92. The van der Waals surface area contributed by atoms with Gasteiger partial charge in [-0.25, -0.2) is 0 Å². The van der Waals surface area contributed by atoms with Crippen molar-refractivity contribution in [3.63, 3.8) is 0 Å². The van der Waals surface area contributed by atoms with Crippen LogP contribution in [0, 0.1) is 0 Å². The SMILES string of the molecule is c1ccc(C(ON=C2CCCCC2N2CCCCC2)(c2ccccc2)c2ccccc2)cc1. The maximum absolute atomic E-state index is 6.81. The van der Waals surface area contributed by atoms with E-state index in [1.807, 2.05) is 0 Å². The van der Waals surface area contributed by atoms with Crippen molar-refractivity contribution >= 4 is 5.71 Å². The number of rotatable bonds is 6. The van der Waals surface area contributed by atoms with Crippen LogP contribution in [0.4, 0.5) is 0 Å². The number of likely N-dealkylation sites (tertiary alicyclic amines) is 1. The minimum Gasteiger partial charge on any atom is -0.375 e. The van der Waals surface area contributed by atoms with Gasteiger partial charge in [-0.2, -0.15) is 0 Å². The van der Waals surface area contributed by atoms with Crippen LogP contribution in [0.5, 0.6) is 0 Å². The number of hydrogen-bond donors (Lipinski definition) is 0. The van der Waals surface area contributed by atoms with E-state index in [-0.39, 0.29) is 0 Å². The highest BCUT2D eigenvalue weighted by Crippen LogP contribution is 2.41. The maximum Gasteiger partial charge on any atom is 0.212 e. The summed E-state index contributed by atoms with van der Waals surface area (Å²) < 4.78 is 0. The number of benzene rings is 3. The van der Waals surface area contributed by atoms with Crippen molar-refractivity contribution in [2.45, 2.75) is 56.6 Å². The smallest absolute Gasteiger partial charge is 0.212 e. The Balaban J connectivity index is 1.60. The summed E-state index contributed by atoms with van der Waals surface area (Å²) >= 11 is 0. The van der Waals surface area contributed by atoms with E-state index in [1.54, 1.807) is 0 Å². The molecule has 1 atom stereocenters. The van der Waals surface area contributed by atoms with E-state index in [2.05, 4.69) is 95.9 Å². The second-order valence-electron chi connectivity index (χ2n) is 9.31. The highest BCUT2D eigenvalue weighted by Gasteiger charge is 2.40. The lowest BCUT2D eigenvalue weighted by atomic mass is 9.80. The van der Waals surface area contributed by atoms with Gasteiger partial charge in [0.25, 0.3) is 0 Å². The third-order valence-electron chi connectivity index (χ3n) is 7.22. The van der Waals surface area contributed by atoms with Gasteiger partial charge < -0.3 is 4.84 Å². The Morgan fingerprint density at radius 3 is 1.67 bits per heavy atom. The standard InChI is InChI=1S/C30H34N2O/c1-5-15-25(16-6-1)30(26-17-7-2-8-18-26,27-19-9-3-10-20-27)33-31-28-21-11-12-22-29(28)32-23-13-4-14-24-32/h1-3,5-10,15-20,29H,4,11-14,21-24H2. The van der Waals surface area contributed by atoms with Crippen molar-refractivity contribution in [3.05, 3.63) is 108 Å². The molecule has 1 unspecified atom stereocenters. The van der Waals surface area contributed by atoms with Gasteiger partial charge in [0.05, 0.1) is 11.8 Å². The van der Waals surface area contributed by atoms with Crippen LogP contribution < -0.4 is 0 Å². The lowest BCUT2D eigenvalue weighted by molar-refractivity contribution is 0.0144. The zero-order valence-electron chi connectivity index (χ0n) is 19.4. The molecule has 1 saturated heterocycles. The molecule has 3 nitrogen and oxygen atoms in total. The van der Waals surface area contributed by atoms with Gasteiger partial charge in [-0.3, -0.25) is 4.90 Å². The third-order valence-corrected chi connectivity index (χ3v) is 7.22. The molecular weight excluding hydrogens is 404 g/mol. The van der Waals surface area contributed by atoms with E-state index in [0.717, 1.165) is 23.1 Å². The summed E-state index contributed by atoms with van der Waals surface area (Å²) in [5, 5.41) is 5.02. The first kappa shape index (κ1) is 21.9. The Labute approximate surface area is 198 Å². The Bertz CT molecular complexity index is 930. The van der Waals surface area contributed by atoms with Crippen LogP contribution in [0.1, 0.15) is 61.6 Å². The first-order valence-corrected chi connectivity index (χ1v) is 12.5. The van der Waals surface area contributed by atoms with Crippen molar-refractivity contribution in [3.8, 4) is 0 Å². The van der Waals surface area contributed by atoms with E-state index >= 15 is 0 Å². The molecule has 1 aliphatic carbocycles. The largest absolute Gasteiger partial charge is 0.375 e. The van der Waals surface area contributed by atoms with E-state index in [9.17, 15) is 0 Å². The molecule has 1 saturated carbocycles. The fourth-order valence-electron chi connectivity index (χ4n) is 5.51. The van der Waals surface area contributed by atoms with Crippen molar-refractivity contribution < 1.29 is 4.84 Å². The number of hydrogen-bond acceptors (Lipinski definition) is 3. The van der Waals surface area contributed by atoms with Crippen molar-refractivity contribution in [1.82, 2.24) is 4.90 Å². The van der Waals surface area contributed by atoms with Gasteiger partial charge in [0.2, 0.25) is 5.60 Å². The molecule has 5 rings (SSSR count). The third kappa shape index (κ3) is 4.60. The first-order valence-electron chi connectivity index (χ1n) is 12.5. The van der Waals surface area contributed by atoms with Crippen LogP contribution in [-0.2, 0) is 10.4 Å². The summed E-state index contributed by atoms with van der Waals surface area (Å²) in [5.74, 6) is 0. The quantitative estimate of drug-likeness (QED) is 0.313. The van der Waals surface area contributed by atoms with E-state index < -0.39 is 5.60 Å². The monoisotopic (exact) mass is 438 g/mol. The maximum atomic E-state index is 6.81. The molecule has 1 aliphatic heterocycles. The van der Waals surface area contributed by atoms with Gasteiger partial charge in [0.1, 0.15) is 0 Å². The molecule has 3 aromatic carbocycles. The predicted molar refractivity (Wildman–Crippen MR) is 135 cm³/mol. The van der Waals surface area contributed by atoms with Crippen LogP contribution in [0.15, 0.2) is 96.2 Å². The first-order chi connectivity index (χ1) is 16.4. The number of oxime groups is 1. The Morgan fingerprint density at radius 2 is 1.15 bits per heavy atom. The molecule has 3 heteroatoms. The molecule has 0 aromatic heterocycles. The normalized spacial score (nSPS) is 21.1. The van der Waals surface area contributed by atoms with Gasteiger partial charge in [0.15, 0.2) is 0 Å². The fraction of sp³-hybridized carbons (Fsp3) is 0.367. The van der Waals surface area contributed by atoms with Crippen LogP contribution in [0.2, 0.25) is 0 Å². The molecule has 170 valence electrons. The Kier molecular flexibility index (Phi) is 6.87. The van der Waals surface area contributed by atoms with Crippen molar-refractivity contribution in [1.29, 1.82) is 0 Å². The van der Waals surface area contributed by atoms with Crippen LogP contribution in [0.3, 0.4) is 0 Å². The minimum absolute atomic E-state index is 0.416. The summed E-state index contributed by atoms with van der Waals surface area (Å²) in [4.78, 5) is 9.46. The lowest BCUT2D eigenvalue weighted by Crippen LogP contribution is -2.46. The van der Waals surface area contributed by atoms with Crippen molar-refractivity contribution in [2.75, 3.05) is 13.1 Å². The highest BCUT2D eigenvalue weighted by atomic mass is 16.7. The van der Waals surface area contributed by atoms with Crippen LogP contribution in [0.25, 0.3) is 0 Å². The topological polar surface area (TPSA) is 24.8 Å². The molecule has 0 bridgehead atoms. The zero-order chi connectivity index (χ0) is 22.3. The minimum atomic E-state index is -0.791. The molecule has 0 amide bonds. The second-order valence-corrected chi connectivity index (χ2v) is 9.31.